The molecule has 0 bridgehead atoms. The summed E-state index contributed by atoms with van der Waals surface area (Å²) in [6.07, 6.45) is 0. The zero-order valence-electron chi connectivity index (χ0n) is 17.8. The number of para-hydroxylation sites is 1. The second kappa shape index (κ2) is 7.86. The van der Waals surface area contributed by atoms with Crippen LogP contribution in [0.5, 0.6) is 11.5 Å². The van der Waals surface area contributed by atoms with Crippen LogP contribution in [0.3, 0.4) is 0 Å². The minimum atomic E-state index is -0.182. The first-order valence-electron chi connectivity index (χ1n) is 9.99. The Morgan fingerprint density at radius 3 is 2.57 bits per heavy atom. The summed E-state index contributed by atoms with van der Waals surface area (Å²) < 4.78 is 13.4. The van der Waals surface area contributed by atoms with E-state index in [2.05, 4.69) is 39.7 Å². The molecule has 0 spiro atoms. The number of hydrogen-bond acceptors (Lipinski definition) is 4. The molecular weight excluding hydrogens is 354 g/mol. The predicted molar refractivity (Wildman–Crippen MR) is 109 cm³/mol. The molecule has 0 N–H and O–H groups in total. The van der Waals surface area contributed by atoms with E-state index in [0.29, 0.717) is 32.0 Å². The number of nitrogens with zero attached hydrogens (tertiary/aromatic N) is 3. The van der Waals surface area contributed by atoms with Gasteiger partial charge in [-0.1, -0.05) is 26.0 Å². The fourth-order valence-electron chi connectivity index (χ4n) is 3.40. The minimum Gasteiger partial charge on any atom is -0.486 e. The van der Waals surface area contributed by atoms with Crippen LogP contribution >= 0.6 is 0 Å². The van der Waals surface area contributed by atoms with Gasteiger partial charge in [-0.3, -0.25) is 9.48 Å². The molecule has 1 aromatic carbocycles. The van der Waals surface area contributed by atoms with Gasteiger partial charge in [0.05, 0.1) is 5.54 Å². The van der Waals surface area contributed by atoms with Crippen LogP contribution in [0, 0.1) is 0 Å². The summed E-state index contributed by atoms with van der Waals surface area (Å²) in [5.74, 6) is 1.70. The maximum Gasteiger partial charge on any atom is 0.274 e. The Labute approximate surface area is 167 Å². The second-order valence-electron chi connectivity index (χ2n) is 8.45. The van der Waals surface area contributed by atoms with Crippen molar-refractivity contribution >= 4 is 5.91 Å². The third kappa shape index (κ3) is 4.01. The number of rotatable bonds is 5. The molecule has 28 heavy (non-hydrogen) atoms. The molecule has 0 unspecified atom stereocenters. The van der Waals surface area contributed by atoms with Gasteiger partial charge in [-0.2, -0.15) is 5.10 Å². The van der Waals surface area contributed by atoms with Crippen molar-refractivity contribution in [3.63, 3.8) is 0 Å². The molecule has 0 saturated heterocycles. The Kier molecular flexibility index (Phi) is 5.68. The average molecular weight is 386 g/mol. The SMILES string of the molecule is CCN(Cc1cccc2c1OCCO2)C(=O)c1cc(C(C)C)n(C(C)(C)C)n1. The highest BCUT2D eigenvalue weighted by atomic mass is 16.6. The molecule has 6 heteroatoms. The van der Waals surface area contributed by atoms with Crippen molar-refractivity contribution in [1.82, 2.24) is 14.7 Å². The quantitative estimate of drug-likeness (QED) is 0.774. The van der Waals surface area contributed by atoms with Crippen molar-refractivity contribution in [3.05, 3.63) is 41.2 Å². The standard InChI is InChI=1S/C22H31N3O3/c1-7-24(14-16-9-8-10-19-20(16)28-12-11-27-19)21(26)17-13-18(15(2)3)25(23-17)22(4,5)6/h8-10,13,15H,7,11-12,14H2,1-6H3. The summed E-state index contributed by atoms with van der Waals surface area (Å²) in [6.45, 7) is 14.7. The predicted octanol–water partition coefficient (Wildman–Crippen LogP) is 4.20. The van der Waals surface area contributed by atoms with Gasteiger partial charge in [0, 0.05) is 24.3 Å². The molecule has 1 aliphatic heterocycles. The van der Waals surface area contributed by atoms with E-state index in [4.69, 9.17) is 9.47 Å². The molecule has 0 aliphatic carbocycles. The van der Waals surface area contributed by atoms with E-state index < -0.39 is 0 Å². The van der Waals surface area contributed by atoms with Gasteiger partial charge >= 0.3 is 0 Å². The Bertz CT molecular complexity index is 849. The summed E-state index contributed by atoms with van der Waals surface area (Å²) in [5, 5.41) is 4.67. The zero-order chi connectivity index (χ0) is 20.5. The molecule has 1 aromatic heterocycles. The molecule has 0 atom stereocenters. The molecule has 2 heterocycles. The van der Waals surface area contributed by atoms with Crippen LogP contribution in [-0.2, 0) is 12.1 Å². The van der Waals surface area contributed by atoms with E-state index in [-0.39, 0.29) is 17.4 Å². The number of amides is 1. The van der Waals surface area contributed by atoms with Crippen molar-refractivity contribution in [2.24, 2.45) is 0 Å². The van der Waals surface area contributed by atoms with Gasteiger partial charge in [0.25, 0.3) is 5.91 Å². The summed E-state index contributed by atoms with van der Waals surface area (Å²) in [4.78, 5) is 15.0. The van der Waals surface area contributed by atoms with E-state index in [1.54, 1.807) is 4.90 Å². The van der Waals surface area contributed by atoms with E-state index in [1.807, 2.05) is 35.9 Å². The van der Waals surface area contributed by atoms with Crippen molar-refractivity contribution in [2.75, 3.05) is 19.8 Å². The van der Waals surface area contributed by atoms with Crippen LogP contribution in [0.4, 0.5) is 0 Å². The number of fused-ring (bicyclic) bond motifs is 1. The van der Waals surface area contributed by atoms with Crippen LogP contribution in [0.2, 0.25) is 0 Å². The third-order valence-electron chi connectivity index (χ3n) is 4.86. The van der Waals surface area contributed by atoms with Crippen LogP contribution in [-0.4, -0.2) is 40.3 Å². The molecular formula is C22H31N3O3. The number of hydrogen-bond donors (Lipinski definition) is 0. The van der Waals surface area contributed by atoms with E-state index in [0.717, 1.165) is 22.8 Å². The molecule has 152 valence electrons. The molecule has 1 amide bonds. The highest BCUT2D eigenvalue weighted by Crippen LogP contribution is 2.34. The van der Waals surface area contributed by atoms with E-state index >= 15 is 0 Å². The van der Waals surface area contributed by atoms with Gasteiger partial charge in [-0.25, -0.2) is 0 Å². The van der Waals surface area contributed by atoms with Crippen molar-refractivity contribution in [3.8, 4) is 11.5 Å². The molecule has 0 saturated carbocycles. The molecule has 0 radical (unpaired) electrons. The Balaban J connectivity index is 1.89. The smallest absolute Gasteiger partial charge is 0.274 e. The Morgan fingerprint density at radius 1 is 1.25 bits per heavy atom. The van der Waals surface area contributed by atoms with E-state index in [1.165, 1.54) is 0 Å². The number of carbonyl (C=O) groups is 1. The lowest BCUT2D eigenvalue weighted by Crippen LogP contribution is -2.32. The lowest BCUT2D eigenvalue weighted by molar-refractivity contribution is 0.0741. The summed E-state index contributed by atoms with van der Waals surface area (Å²) in [6, 6.07) is 7.75. The number of ether oxygens (including phenoxy) is 2. The minimum absolute atomic E-state index is 0.0678. The van der Waals surface area contributed by atoms with Crippen molar-refractivity contribution in [2.45, 2.75) is 59.5 Å². The third-order valence-corrected chi connectivity index (χ3v) is 4.86. The van der Waals surface area contributed by atoms with Crippen LogP contribution in [0.15, 0.2) is 24.3 Å². The molecule has 0 fully saturated rings. The highest BCUT2D eigenvalue weighted by Gasteiger charge is 2.26. The van der Waals surface area contributed by atoms with E-state index in [9.17, 15) is 4.79 Å². The monoisotopic (exact) mass is 385 g/mol. The lowest BCUT2D eigenvalue weighted by Gasteiger charge is -2.25. The van der Waals surface area contributed by atoms with Gasteiger partial charge in [0.2, 0.25) is 0 Å². The summed E-state index contributed by atoms with van der Waals surface area (Å²) in [5.41, 5.74) is 2.33. The highest BCUT2D eigenvalue weighted by molar-refractivity contribution is 5.92. The van der Waals surface area contributed by atoms with Gasteiger partial charge < -0.3 is 14.4 Å². The molecule has 1 aliphatic rings. The van der Waals surface area contributed by atoms with Gasteiger partial charge in [0.15, 0.2) is 17.2 Å². The number of benzene rings is 1. The molecule has 3 rings (SSSR count). The normalized spacial score (nSPS) is 13.7. The first-order valence-corrected chi connectivity index (χ1v) is 9.99. The topological polar surface area (TPSA) is 56.6 Å². The maximum absolute atomic E-state index is 13.2. The zero-order valence-corrected chi connectivity index (χ0v) is 17.8. The first kappa shape index (κ1) is 20.2. The van der Waals surface area contributed by atoms with Gasteiger partial charge in [0.1, 0.15) is 13.2 Å². The second-order valence-corrected chi connectivity index (χ2v) is 8.45. The van der Waals surface area contributed by atoms with Crippen LogP contribution < -0.4 is 9.47 Å². The lowest BCUT2D eigenvalue weighted by atomic mass is 10.1. The van der Waals surface area contributed by atoms with Crippen LogP contribution in [0.1, 0.15) is 69.2 Å². The molecule has 2 aromatic rings. The number of aromatic nitrogens is 2. The maximum atomic E-state index is 13.2. The first-order chi connectivity index (χ1) is 13.2. The number of carbonyl (C=O) groups excluding carboxylic acids is 1. The Morgan fingerprint density at radius 2 is 1.96 bits per heavy atom. The van der Waals surface area contributed by atoms with Crippen LogP contribution in [0.25, 0.3) is 0 Å². The Hall–Kier alpha value is -2.50. The summed E-state index contributed by atoms with van der Waals surface area (Å²) in [7, 11) is 0. The average Bonchev–Trinajstić information content (AvgIpc) is 3.12. The van der Waals surface area contributed by atoms with Gasteiger partial charge in [-0.05, 0) is 45.7 Å². The fraction of sp³-hybridized carbons (Fsp3) is 0.545. The van der Waals surface area contributed by atoms with Gasteiger partial charge in [-0.15, -0.1) is 0 Å². The fourth-order valence-corrected chi connectivity index (χ4v) is 3.40. The summed E-state index contributed by atoms with van der Waals surface area (Å²) >= 11 is 0. The van der Waals surface area contributed by atoms with Crippen molar-refractivity contribution < 1.29 is 14.3 Å². The van der Waals surface area contributed by atoms with Crippen molar-refractivity contribution in [1.29, 1.82) is 0 Å². The molecule has 6 nitrogen and oxygen atoms in total. The largest absolute Gasteiger partial charge is 0.486 e.